The number of sulfonamides is 1. The van der Waals surface area contributed by atoms with E-state index in [0.29, 0.717) is 18.7 Å². The van der Waals surface area contributed by atoms with Gasteiger partial charge in [0, 0.05) is 24.0 Å². The number of amides is 2. The number of nitrogens with one attached hydrogen (secondary N) is 1. The molecule has 7 nitrogen and oxygen atoms in total. The van der Waals surface area contributed by atoms with Gasteiger partial charge in [-0.2, -0.15) is 0 Å². The summed E-state index contributed by atoms with van der Waals surface area (Å²) in [5.74, 6) is -0.741. The number of rotatable bonds is 12. The Morgan fingerprint density at radius 2 is 1.63 bits per heavy atom. The van der Waals surface area contributed by atoms with Gasteiger partial charge in [0.15, 0.2) is 0 Å². The van der Waals surface area contributed by atoms with E-state index >= 15 is 0 Å². The number of carbonyl (C=O) groups excluding carboxylic acids is 2. The lowest BCUT2D eigenvalue weighted by Crippen LogP contribution is -2.53. The number of halogens is 1. The molecule has 38 heavy (non-hydrogen) atoms. The number of hydrogen-bond donors (Lipinski definition) is 1. The van der Waals surface area contributed by atoms with Crippen molar-refractivity contribution >= 4 is 43.5 Å². The van der Waals surface area contributed by atoms with Gasteiger partial charge >= 0.3 is 0 Å². The smallest absolute Gasteiger partial charge is 0.244 e. The van der Waals surface area contributed by atoms with Crippen molar-refractivity contribution in [1.82, 2.24) is 10.2 Å². The van der Waals surface area contributed by atoms with Crippen molar-refractivity contribution in [1.29, 1.82) is 0 Å². The highest BCUT2D eigenvalue weighted by atomic mass is 79.9. The third-order valence-corrected chi connectivity index (χ3v) is 7.72. The van der Waals surface area contributed by atoms with Crippen LogP contribution in [0.4, 0.5) is 5.69 Å². The molecule has 1 unspecified atom stereocenters. The Morgan fingerprint density at radius 1 is 0.947 bits per heavy atom. The van der Waals surface area contributed by atoms with Crippen molar-refractivity contribution in [3.05, 3.63) is 100 Å². The predicted molar refractivity (Wildman–Crippen MR) is 155 cm³/mol. The summed E-state index contributed by atoms with van der Waals surface area (Å²) in [7, 11) is -3.78. The molecule has 0 saturated heterocycles. The molecule has 2 amide bonds. The van der Waals surface area contributed by atoms with Gasteiger partial charge in [0.1, 0.15) is 12.6 Å². The molecule has 1 atom stereocenters. The monoisotopic (exact) mass is 599 g/mol. The first-order chi connectivity index (χ1) is 18.1. The predicted octanol–water partition coefficient (Wildman–Crippen LogP) is 4.69. The molecule has 0 spiro atoms. The van der Waals surface area contributed by atoms with Crippen LogP contribution in [0.5, 0.6) is 0 Å². The molecule has 0 radical (unpaired) electrons. The molecule has 202 valence electrons. The van der Waals surface area contributed by atoms with Crippen LogP contribution in [0.3, 0.4) is 0 Å². The molecule has 9 heteroatoms. The van der Waals surface area contributed by atoms with Crippen molar-refractivity contribution < 1.29 is 18.0 Å². The van der Waals surface area contributed by atoms with Gasteiger partial charge in [-0.25, -0.2) is 8.42 Å². The van der Waals surface area contributed by atoms with E-state index in [0.717, 1.165) is 38.1 Å². The third-order valence-electron chi connectivity index (χ3n) is 6.06. The van der Waals surface area contributed by atoms with Gasteiger partial charge in [0.05, 0.1) is 11.9 Å². The summed E-state index contributed by atoms with van der Waals surface area (Å²) >= 11 is 3.43. The highest BCUT2D eigenvalue weighted by Gasteiger charge is 2.32. The van der Waals surface area contributed by atoms with Crippen molar-refractivity contribution in [3.63, 3.8) is 0 Å². The van der Waals surface area contributed by atoms with Crippen LogP contribution in [-0.4, -0.2) is 50.5 Å². The van der Waals surface area contributed by atoms with Crippen LogP contribution in [0.25, 0.3) is 0 Å². The lowest BCUT2D eigenvalue weighted by atomic mass is 10.0. The van der Waals surface area contributed by atoms with E-state index in [2.05, 4.69) is 21.2 Å². The molecular weight excluding hydrogens is 566 g/mol. The summed E-state index contributed by atoms with van der Waals surface area (Å²) in [6.07, 6.45) is 2.12. The lowest BCUT2D eigenvalue weighted by Gasteiger charge is -2.33. The molecule has 3 aromatic carbocycles. The summed E-state index contributed by atoms with van der Waals surface area (Å²) in [4.78, 5) is 28.9. The molecule has 0 bridgehead atoms. The minimum absolute atomic E-state index is 0.147. The van der Waals surface area contributed by atoms with Gasteiger partial charge in [0.2, 0.25) is 21.8 Å². The molecule has 0 saturated carbocycles. The van der Waals surface area contributed by atoms with Gasteiger partial charge in [0.25, 0.3) is 0 Å². The van der Waals surface area contributed by atoms with E-state index in [4.69, 9.17) is 0 Å². The molecule has 0 aromatic heterocycles. The summed E-state index contributed by atoms with van der Waals surface area (Å²) in [6, 6.07) is 23.2. The first kappa shape index (κ1) is 29.4. The first-order valence-corrected chi connectivity index (χ1v) is 15.1. The topological polar surface area (TPSA) is 86.8 Å². The van der Waals surface area contributed by atoms with Crippen LogP contribution in [-0.2, 0) is 32.6 Å². The van der Waals surface area contributed by atoms with Crippen LogP contribution >= 0.6 is 15.9 Å². The molecule has 0 aliphatic carbocycles. The van der Waals surface area contributed by atoms with Crippen LogP contribution in [0, 0.1) is 6.92 Å². The zero-order valence-corrected chi connectivity index (χ0v) is 24.3. The van der Waals surface area contributed by atoms with Crippen LogP contribution in [0.2, 0.25) is 0 Å². The fourth-order valence-electron chi connectivity index (χ4n) is 4.10. The fourth-order valence-corrected chi connectivity index (χ4v) is 5.21. The second kappa shape index (κ2) is 13.6. The Labute approximate surface area is 234 Å². The largest absolute Gasteiger partial charge is 0.354 e. The van der Waals surface area contributed by atoms with Crippen molar-refractivity contribution in [2.24, 2.45) is 0 Å². The minimum Gasteiger partial charge on any atom is -0.354 e. The summed E-state index contributed by atoms with van der Waals surface area (Å²) in [6.45, 7) is 4.02. The number of benzene rings is 3. The zero-order valence-electron chi connectivity index (χ0n) is 21.9. The second-order valence-corrected chi connectivity index (χ2v) is 12.1. The van der Waals surface area contributed by atoms with Crippen molar-refractivity contribution in [3.8, 4) is 0 Å². The van der Waals surface area contributed by atoms with Crippen LogP contribution in [0.1, 0.15) is 30.0 Å². The maximum absolute atomic E-state index is 14.0. The number of nitrogens with zero attached hydrogens (tertiary/aromatic N) is 2. The number of hydrogen-bond acceptors (Lipinski definition) is 4. The van der Waals surface area contributed by atoms with Gasteiger partial charge in [-0.3, -0.25) is 13.9 Å². The van der Waals surface area contributed by atoms with E-state index in [1.54, 1.807) is 18.2 Å². The summed E-state index contributed by atoms with van der Waals surface area (Å²) in [5, 5.41) is 2.93. The number of carbonyl (C=O) groups is 2. The van der Waals surface area contributed by atoms with Gasteiger partial charge in [-0.05, 0) is 54.3 Å². The standard InChI is InChI=1S/C29H34BrN3O4S/c1-4-17-31-29(35)27(19-23-10-6-5-7-11-23)32(20-24-13-15-25(30)16-14-24)28(34)21-33(38(3,36)37)26-12-8-9-22(2)18-26/h5-16,18,27H,4,17,19-21H2,1-3H3,(H,31,35). The van der Waals surface area contributed by atoms with E-state index in [1.807, 2.05) is 74.5 Å². The molecule has 0 fully saturated rings. The van der Waals surface area contributed by atoms with Crippen LogP contribution < -0.4 is 9.62 Å². The molecule has 0 aliphatic heterocycles. The molecular formula is C29H34BrN3O4S. The Kier molecular flexibility index (Phi) is 10.5. The molecule has 0 heterocycles. The van der Waals surface area contributed by atoms with E-state index in [9.17, 15) is 18.0 Å². The van der Waals surface area contributed by atoms with E-state index in [-0.39, 0.29) is 12.5 Å². The molecule has 3 aromatic rings. The SMILES string of the molecule is CCCNC(=O)C(Cc1ccccc1)N(Cc1ccc(Br)cc1)C(=O)CN(c1cccc(C)c1)S(C)(=O)=O. The average Bonchev–Trinajstić information content (AvgIpc) is 2.88. The third kappa shape index (κ3) is 8.43. The van der Waals surface area contributed by atoms with Gasteiger partial charge in [-0.1, -0.05) is 77.5 Å². The summed E-state index contributed by atoms with van der Waals surface area (Å²) in [5.41, 5.74) is 3.00. The highest BCUT2D eigenvalue weighted by molar-refractivity contribution is 9.10. The Bertz CT molecular complexity index is 1330. The molecule has 0 aliphatic rings. The van der Waals surface area contributed by atoms with Crippen molar-refractivity contribution in [2.75, 3.05) is 23.7 Å². The van der Waals surface area contributed by atoms with Gasteiger partial charge in [-0.15, -0.1) is 0 Å². The number of aryl methyl sites for hydroxylation is 1. The number of anilines is 1. The Morgan fingerprint density at radius 3 is 2.24 bits per heavy atom. The minimum atomic E-state index is -3.78. The first-order valence-electron chi connectivity index (χ1n) is 12.5. The van der Waals surface area contributed by atoms with E-state index in [1.165, 1.54) is 4.90 Å². The Hall–Kier alpha value is -3.17. The highest BCUT2D eigenvalue weighted by Crippen LogP contribution is 2.22. The zero-order chi connectivity index (χ0) is 27.7. The summed E-state index contributed by atoms with van der Waals surface area (Å²) < 4.78 is 27.6. The van der Waals surface area contributed by atoms with E-state index < -0.39 is 28.5 Å². The maximum atomic E-state index is 14.0. The van der Waals surface area contributed by atoms with Crippen molar-refractivity contribution in [2.45, 2.75) is 39.3 Å². The fraction of sp³-hybridized carbons (Fsp3) is 0.310. The molecule has 3 rings (SSSR count). The van der Waals surface area contributed by atoms with Crippen LogP contribution in [0.15, 0.2) is 83.3 Å². The molecule has 1 N–H and O–H groups in total. The second-order valence-electron chi connectivity index (χ2n) is 9.25. The lowest BCUT2D eigenvalue weighted by molar-refractivity contribution is -0.140. The normalized spacial score (nSPS) is 12.0. The van der Waals surface area contributed by atoms with Gasteiger partial charge < -0.3 is 10.2 Å². The average molecular weight is 601 g/mol. The maximum Gasteiger partial charge on any atom is 0.244 e. The quantitative estimate of drug-likeness (QED) is 0.327. The Balaban J connectivity index is 2.03.